The Morgan fingerprint density at radius 3 is 2.55 bits per heavy atom. The highest BCUT2D eigenvalue weighted by Gasteiger charge is 2.29. The largest absolute Gasteiger partial charge is 0.438 e. The van der Waals surface area contributed by atoms with Crippen molar-refractivity contribution < 1.29 is 22.9 Å². The molecule has 1 aromatic heterocycles. The first-order valence-corrected chi connectivity index (χ1v) is 12.4. The lowest BCUT2D eigenvalue weighted by Crippen LogP contribution is -2.32. The van der Waals surface area contributed by atoms with Crippen LogP contribution in [-0.2, 0) is 16.6 Å². The van der Waals surface area contributed by atoms with Gasteiger partial charge in [-0.05, 0) is 46.1 Å². The predicted molar refractivity (Wildman–Crippen MR) is 121 cm³/mol. The Labute approximate surface area is 192 Å². The molecule has 0 bridgehead atoms. The van der Waals surface area contributed by atoms with E-state index in [1.54, 1.807) is 18.7 Å². The molecule has 1 aromatic carbocycles. The number of nitro benzene ring substituents is 1. The number of amides is 1. The van der Waals surface area contributed by atoms with Crippen molar-refractivity contribution in [1.82, 2.24) is 19.4 Å². The zero-order chi connectivity index (χ0) is 24.3. The molecule has 1 aliphatic heterocycles. The van der Waals surface area contributed by atoms with Gasteiger partial charge in [-0.3, -0.25) is 14.9 Å². The number of non-ortho nitro benzene ring substituents is 1. The van der Waals surface area contributed by atoms with Crippen LogP contribution in [0.15, 0.2) is 23.1 Å². The minimum Gasteiger partial charge on any atom is -0.438 e. The van der Waals surface area contributed by atoms with Crippen LogP contribution < -0.4 is 9.46 Å². The maximum absolute atomic E-state index is 13.0. The van der Waals surface area contributed by atoms with Crippen molar-refractivity contribution in [1.29, 1.82) is 0 Å². The van der Waals surface area contributed by atoms with Crippen molar-refractivity contribution in [2.24, 2.45) is 0 Å². The molecule has 180 valence electrons. The van der Waals surface area contributed by atoms with E-state index in [1.165, 1.54) is 16.8 Å². The Hall–Kier alpha value is -2.99. The van der Waals surface area contributed by atoms with Gasteiger partial charge in [-0.15, -0.1) is 0 Å². The summed E-state index contributed by atoms with van der Waals surface area (Å²) in [6, 6.07) is 3.01. The molecule has 0 aliphatic carbocycles. The first-order valence-electron chi connectivity index (χ1n) is 10.9. The second-order valence-corrected chi connectivity index (χ2v) is 9.70. The summed E-state index contributed by atoms with van der Waals surface area (Å²) in [6.07, 6.45) is 2.42. The van der Waals surface area contributed by atoms with E-state index in [-0.39, 0.29) is 39.9 Å². The van der Waals surface area contributed by atoms with E-state index in [9.17, 15) is 23.3 Å². The molecule has 12 heteroatoms. The average Bonchev–Trinajstić information content (AvgIpc) is 3.42. The monoisotopic (exact) mass is 479 g/mol. The summed E-state index contributed by atoms with van der Waals surface area (Å²) < 4.78 is 36.0. The maximum Gasteiger partial charge on any atom is 0.274 e. The van der Waals surface area contributed by atoms with Crippen LogP contribution in [0.3, 0.4) is 0 Å². The van der Waals surface area contributed by atoms with E-state index in [0.717, 1.165) is 18.9 Å². The highest BCUT2D eigenvalue weighted by molar-refractivity contribution is 7.89. The molecule has 3 rings (SSSR count). The van der Waals surface area contributed by atoms with Crippen LogP contribution in [0.25, 0.3) is 0 Å². The van der Waals surface area contributed by atoms with Crippen molar-refractivity contribution in [3.63, 3.8) is 0 Å². The van der Waals surface area contributed by atoms with E-state index in [4.69, 9.17) is 4.74 Å². The number of carbonyl (C=O) groups is 1. The van der Waals surface area contributed by atoms with Gasteiger partial charge >= 0.3 is 0 Å². The number of aromatic nitrogens is 2. The highest BCUT2D eigenvalue weighted by Crippen LogP contribution is 2.35. The van der Waals surface area contributed by atoms with E-state index < -0.39 is 14.9 Å². The molecule has 0 saturated carbocycles. The molecular formula is C21H29N5O6S. The van der Waals surface area contributed by atoms with Crippen LogP contribution in [0.2, 0.25) is 0 Å². The molecule has 11 nitrogen and oxygen atoms in total. The standard InChI is InChI=1S/C21H29N5O6S/c1-5-14(3)23-33(30,31)18-13-16(26(28)29)9-10-17(18)32-21-15(4)19(22-25(21)6-2)20(27)24-11-7-8-12-24/h9-10,13-14,23H,5-8,11-12H2,1-4H3/t14-/m0/s1. The molecule has 1 saturated heterocycles. The number of hydrogen-bond donors (Lipinski definition) is 1. The van der Waals surface area contributed by atoms with E-state index in [1.807, 2.05) is 13.8 Å². The number of carbonyl (C=O) groups excluding carboxylic acids is 1. The SMILES string of the molecule is CC[C@H](C)NS(=O)(=O)c1cc([N+](=O)[O-])ccc1Oc1c(C)c(C(=O)N2CCCC2)nn1CC. The molecular weight excluding hydrogens is 450 g/mol. The highest BCUT2D eigenvalue weighted by atomic mass is 32.2. The topological polar surface area (TPSA) is 137 Å². The first-order chi connectivity index (χ1) is 15.6. The van der Waals surface area contributed by atoms with E-state index in [2.05, 4.69) is 9.82 Å². The van der Waals surface area contributed by atoms with Crippen molar-refractivity contribution >= 4 is 21.6 Å². The fourth-order valence-corrected chi connectivity index (χ4v) is 5.05. The van der Waals surface area contributed by atoms with Gasteiger partial charge in [0, 0.05) is 43.4 Å². The molecule has 0 unspecified atom stereocenters. The van der Waals surface area contributed by atoms with Crippen LogP contribution in [-0.4, -0.2) is 53.1 Å². The number of hydrogen-bond acceptors (Lipinski definition) is 7. The van der Waals surface area contributed by atoms with Gasteiger partial charge in [0.2, 0.25) is 15.9 Å². The molecule has 1 atom stereocenters. The fraction of sp³-hybridized carbons (Fsp3) is 0.524. The number of aryl methyl sites for hydroxylation is 1. The van der Waals surface area contributed by atoms with Crippen LogP contribution in [0.4, 0.5) is 5.69 Å². The summed E-state index contributed by atoms with van der Waals surface area (Å²) in [7, 11) is -4.12. The van der Waals surface area contributed by atoms with Crippen molar-refractivity contribution in [3.05, 3.63) is 39.6 Å². The van der Waals surface area contributed by atoms with Gasteiger partial charge in [-0.25, -0.2) is 17.8 Å². The van der Waals surface area contributed by atoms with Crippen LogP contribution >= 0.6 is 0 Å². The summed E-state index contributed by atoms with van der Waals surface area (Å²) in [5.41, 5.74) is 0.348. The van der Waals surface area contributed by atoms with Crippen LogP contribution in [0.5, 0.6) is 11.6 Å². The Bertz CT molecular complexity index is 1150. The third-order valence-corrected chi connectivity index (χ3v) is 7.24. The van der Waals surface area contributed by atoms with Crippen molar-refractivity contribution in [3.8, 4) is 11.6 Å². The molecule has 0 spiro atoms. The van der Waals surface area contributed by atoms with Gasteiger partial charge in [0.15, 0.2) is 5.69 Å². The lowest BCUT2D eigenvalue weighted by molar-refractivity contribution is -0.385. The van der Waals surface area contributed by atoms with Gasteiger partial charge in [-0.1, -0.05) is 6.92 Å². The molecule has 33 heavy (non-hydrogen) atoms. The summed E-state index contributed by atoms with van der Waals surface area (Å²) in [5.74, 6) is -0.0693. The number of nitrogens with zero attached hydrogens (tertiary/aromatic N) is 4. The zero-order valence-electron chi connectivity index (χ0n) is 19.2. The summed E-state index contributed by atoms with van der Waals surface area (Å²) in [5, 5.41) is 15.7. The molecule has 2 aromatic rings. The van der Waals surface area contributed by atoms with Crippen LogP contribution in [0, 0.1) is 17.0 Å². The Kier molecular flexibility index (Phi) is 7.38. The lowest BCUT2D eigenvalue weighted by Gasteiger charge is -2.16. The summed E-state index contributed by atoms with van der Waals surface area (Å²) in [4.78, 5) is 24.9. The average molecular weight is 480 g/mol. The number of ether oxygens (including phenoxy) is 1. The number of likely N-dealkylation sites (tertiary alicyclic amines) is 1. The molecule has 2 heterocycles. The molecule has 1 N–H and O–H groups in total. The quantitative estimate of drug-likeness (QED) is 0.431. The molecule has 1 fully saturated rings. The minimum atomic E-state index is -4.12. The van der Waals surface area contributed by atoms with Gasteiger partial charge in [0.1, 0.15) is 10.6 Å². The normalized spacial score (nSPS) is 15.0. The van der Waals surface area contributed by atoms with Crippen LogP contribution in [0.1, 0.15) is 56.1 Å². The Morgan fingerprint density at radius 1 is 1.30 bits per heavy atom. The second-order valence-electron chi connectivity index (χ2n) is 8.01. The summed E-state index contributed by atoms with van der Waals surface area (Å²) in [6.45, 7) is 8.74. The predicted octanol–water partition coefficient (Wildman–Crippen LogP) is 3.22. The van der Waals surface area contributed by atoms with Crippen molar-refractivity contribution in [2.75, 3.05) is 13.1 Å². The minimum absolute atomic E-state index is 0.0886. The van der Waals surface area contributed by atoms with E-state index >= 15 is 0 Å². The Morgan fingerprint density at radius 2 is 1.97 bits per heavy atom. The fourth-order valence-electron chi connectivity index (χ4n) is 3.57. The van der Waals surface area contributed by atoms with Gasteiger partial charge in [0.25, 0.3) is 11.6 Å². The van der Waals surface area contributed by atoms with Crippen molar-refractivity contribution in [2.45, 2.75) is 64.4 Å². The number of nitro groups is 1. The second kappa shape index (κ2) is 9.87. The molecule has 1 amide bonds. The smallest absolute Gasteiger partial charge is 0.274 e. The number of benzene rings is 1. The number of rotatable bonds is 9. The maximum atomic E-state index is 13.0. The molecule has 0 radical (unpaired) electrons. The third kappa shape index (κ3) is 5.17. The Balaban J connectivity index is 2.05. The number of nitrogens with one attached hydrogen (secondary N) is 1. The van der Waals surface area contributed by atoms with Gasteiger partial charge < -0.3 is 9.64 Å². The summed E-state index contributed by atoms with van der Waals surface area (Å²) >= 11 is 0. The van der Waals surface area contributed by atoms with Gasteiger partial charge in [0.05, 0.1) is 4.92 Å². The zero-order valence-corrected chi connectivity index (χ0v) is 20.0. The first kappa shape index (κ1) is 24.6. The number of sulfonamides is 1. The molecule has 1 aliphatic rings. The van der Waals surface area contributed by atoms with Gasteiger partial charge in [-0.2, -0.15) is 5.10 Å². The third-order valence-electron chi connectivity index (χ3n) is 5.63. The van der Waals surface area contributed by atoms with E-state index in [0.29, 0.717) is 31.6 Å². The lowest BCUT2D eigenvalue weighted by atomic mass is 10.2.